The van der Waals surface area contributed by atoms with Crippen LogP contribution in [-0.2, 0) is 11.3 Å². The molecule has 3 aromatic rings. The Hall–Kier alpha value is -2.82. The summed E-state index contributed by atoms with van der Waals surface area (Å²) in [5.74, 6) is 0.750. The molecule has 1 aromatic heterocycles. The number of anilines is 1. The fraction of sp³-hybridized carbons (Fsp3) is 0.300. The minimum Gasteiger partial charge on any atom is -0.438 e. The van der Waals surface area contributed by atoms with Gasteiger partial charge in [0.25, 0.3) is 0 Å². The average molecular weight is 337 g/mol. The number of fused-ring (bicyclic) bond motifs is 1. The highest BCUT2D eigenvalue weighted by atomic mass is 16.6. The maximum absolute atomic E-state index is 12.3. The van der Waals surface area contributed by atoms with Crippen molar-refractivity contribution in [3.63, 3.8) is 0 Å². The minimum absolute atomic E-state index is 0.446. The summed E-state index contributed by atoms with van der Waals surface area (Å²) < 4.78 is 7.64. The van der Waals surface area contributed by atoms with E-state index in [1.165, 1.54) is 0 Å². The van der Waals surface area contributed by atoms with Gasteiger partial charge in [-0.2, -0.15) is 0 Å². The molecule has 0 saturated carbocycles. The molecule has 0 radical (unpaired) electrons. The van der Waals surface area contributed by atoms with Crippen LogP contribution in [0.3, 0.4) is 0 Å². The van der Waals surface area contributed by atoms with Crippen LogP contribution in [0.4, 0.5) is 10.5 Å². The van der Waals surface area contributed by atoms with E-state index in [9.17, 15) is 4.79 Å². The third kappa shape index (κ3) is 3.50. The number of carbonyl (C=O) groups excluding carboxylic acids is 1. The van der Waals surface area contributed by atoms with Crippen LogP contribution in [0.25, 0.3) is 11.0 Å². The number of rotatable bonds is 4. The van der Waals surface area contributed by atoms with Crippen molar-refractivity contribution in [2.75, 3.05) is 5.32 Å². The molecule has 0 aliphatic carbocycles. The van der Waals surface area contributed by atoms with Crippen molar-refractivity contribution in [1.82, 2.24) is 9.55 Å². The predicted octanol–water partition coefficient (Wildman–Crippen LogP) is 4.98. The van der Waals surface area contributed by atoms with E-state index < -0.39 is 12.2 Å². The van der Waals surface area contributed by atoms with Crippen LogP contribution in [0.15, 0.2) is 42.5 Å². The zero-order valence-electron chi connectivity index (χ0n) is 15.0. The van der Waals surface area contributed by atoms with Crippen LogP contribution in [0.2, 0.25) is 0 Å². The van der Waals surface area contributed by atoms with Crippen molar-refractivity contribution in [3.8, 4) is 0 Å². The number of hydrogen-bond donors (Lipinski definition) is 1. The van der Waals surface area contributed by atoms with E-state index in [2.05, 4.69) is 21.8 Å². The van der Waals surface area contributed by atoms with Crippen molar-refractivity contribution in [1.29, 1.82) is 0 Å². The molecule has 3 rings (SSSR count). The molecule has 1 unspecified atom stereocenters. The van der Waals surface area contributed by atoms with E-state index in [-0.39, 0.29) is 0 Å². The number of benzene rings is 2. The maximum atomic E-state index is 12.3. The number of amides is 1. The lowest BCUT2D eigenvalue weighted by Gasteiger charge is -2.16. The number of aromatic nitrogens is 2. The first-order valence-corrected chi connectivity index (χ1v) is 8.49. The summed E-state index contributed by atoms with van der Waals surface area (Å²) in [6.45, 7) is 8.65. The van der Waals surface area contributed by atoms with E-state index >= 15 is 0 Å². The van der Waals surface area contributed by atoms with Crippen molar-refractivity contribution < 1.29 is 9.53 Å². The molecule has 0 saturated heterocycles. The molecule has 25 heavy (non-hydrogen) atoms. The number of para-hydroxylation sites is 2. The first-order chi connectivity index (χ1) is 12.0. The van der Waals surface area contributed by atoms with Crippen LogP contribution >= 0.6 is 0 Å². The molecular formula is C20H23N3O2. The molecule has 2 aromatic carbocycles. The number of ether oxygens (including phenoxy) is 1. The van der Waals surface area contributed by atoms with Crippen molar-refractivity contribution in [2.24, 2.45) is 0 Å². The van der Waals surface area contributed by atoms with Crippen molar-refractivity contribution in [3.05, 3.63) is 59.4 Å². The Bertz CT molecular complexity index is 914. The van der Waals surface area contributed by atoms with Gasteiger partial charge in [0.1, 0.15) is 0 Å². The second kappa shape index (κ2) is 6.97. The minimum atomic E-state index is -0.478. The largest absolute Gasteiger partial charge is 0.438 e. The molecule has 1 amide bonds. The predicted molar refractivity (Wildman–Crippen MR) is 99.8 cm³/mol. The van der Waals surface area contributed by atoms with Gasteiger partial charge in [0.2, 0.25) is 0 Å². The van der Waals surface area contributed by atoms with E-state index in [0.717, 1.165) is 40.2 Å². The van der Waals surface area contributed by atoms with E-state index in [4.69, 9.17) is 4.74 Å². The number of aryl methyl sites for hydroxylation is 3. The zero-order chi connectivity index (χ0) is 18.0. The SMILES string of the molecule is CCn1c(C(C)OC(=O)Nc2ccc(C)cc2C)nc2ccccc21. The molecule has 0 spiro atoms. The zero-order valence-corrected chi connectivity index (χ0v) is 15.0. The Morgan fingerprint density at radius 3 is 2.72 bits per heavy atom. The standard InChI is InChI=1S/C20H23N3O2/c1-5-23-18-9-7-6-8-17(18)21-19(23)15(4)25-20(24)22-16-11-10-13(2)12-14(16)3/h6-12,15H,5H2,1-4H3,(H,22,24). The highest BCUT2D eigenvalue weighted by Gasteiger charge is 2.19. The summed E-state index contributed by atoms with van der Waals surface area (Å²) in [6.07, 6.45) is -0.924. The Labute approximate surface area is 147 Å². The lowest BCUT2D eigenvalue weighted by atomic mass is 10.1. The number of nitrogens with one attached hydrogen (secondary N) is 1. The van der Waals surface area contributed by atoms with Gasteiger partial charge in [-0.25, -0.2) is 9.78 Å². The van der Waals surface area contributed by atoms with Crippen LogP contribution < -0.4 is 5.32 Å². The Morgan fingerprint density at radius 1 is 1.24 bits per heavy atom. The molecule has 1 atom stereocenters. The van der Waals surface area contributed by atoms with E-state index in [1.807, 2.05) is 63.2 Å². The van der Waals surface area contributed by atoms with Gasteiger partial charge in [-0.3, -0.25) is 5.32 Å². The van der Waals surface area contributed by atoms with Crippen molar-refractivity contribution in [2.45, 2.75) is 40.3 Å². The van der Waals surface area contributed by atoms with Crippen molar-refractivity contribution >= 4 is 22.8 Å². The van der Waals surface area contributed by atoms with E-state index in [0.29, 0.717) is 0 Å². The lowest BCUT2D eigenvalue weighted by molar-refractivity contribution is 0.114. The summed E-state index contributed by atoms with van der Waals surface area (Å²) in [6, 6.07) is 13.8. The van der Waals surface area contributed by atoms with Crippen LogP contribution in [0.5, 0.6) is 0 Å². The Balaban J connectivity index is 1.77. The van der Waals surface area contributed by atoms with Gasteiger partial charge in [0.15, 0.2) is 11.9 Å². The first-order valence-electron chi connectivity index (χ1n) is 8.49. The molecule has 1 N–H and O–H groups in total. The molecule has 0 aliphatic rings. The number of imidazole rings is 1. The monoisotopic (exact) mass is 337 g/mol. The molecule has 130 valence electrons. The highest BCUT2D eigenvalue weighted by molar-refractivity contribution is 5.86. The third-order valence-corrected chi connectivity index (χ3v) is 4.27. The summed E-state index contributed by atoms with van der Waals surface area (Å²) in [4.78, 5) is 16.9. The fourth-order valence-corrected chi connectivity index (χ4v) is 3.04. The summed E-state index contributed by atoms with van der Waals surface area (Å²) in [7, 11) is 0. The molecule has 0 bridgehead atoms. The molecule has 5 heteroatoms. The van der Waals surface area contributed by atoms with Gasteiger partial charge in [-0.05, 0) is 51.5 Å². The van der Waals surface area contributed by atoms with E-state index in [1.54, 1.807) is 0 Å². The van der Waals surface area contributed by atoms with Crippen LogP contribution in [-0.4, -0.2) is 15.6 Å². The lowest BCUT2D eigenvalue weighted by Crippen LogP contribution is -2.19. The topological polar surface area (TPSA) is 56.1 Å². The van der Waals surface area contributed by atoms with Gasteiger partial charge in [0, 0.05) is 12.2 Å². The quantitative estimate of drug-likeness (QED) is 0.730. The molecule has 1 heterocycles. The van der Waals surface area contributed by atoms with Gasteiger partial charge in [-0.1, -0.05) is 29.8 Å². The number of nitrogens with zero attached hydrogens (tertiary/aromatic N) is 2. The first kappa shape index (κ1) is 17.0. The molecule has 0 fully saturated rings. The second-order valence-electron chi connectivity index (χ2n) is 6.19. The second-order valence-corrected chi connectivity index (χ2v) is 6.19. The molecular weight excluding hydrogens is 314 g/mol. The average Bonchev–Trinajstić information content (AvgIpc) is 2.96. The number of hydrogen-bond acceptors (Lipinski definition) is 3. The van der Waals surface area contributed by atoms with Crippen LogP contribution in [0, 0.1) is 13.8 Å². The maximum Gasteiger partial charge on any atom is 0.412 e. The van der Waals surface area contributed by atoms with Gasteiger partial charge in [0.05, 0.1) is 11.0 Å². The smallest absolute Gasteiger partial charge is 0.412 e. The number of carbonyl (C=O) groups is 1. The van der Waals surface area contributed by atoms with Gasteiger partial charge >= 0.3 is 6.09 Å². The van der Waals surface area contributed by atoms with Gasteiger partial charge in [-0.15, -0.1) is 0 Å². The highest BCUT2D eigenvalue weighted by Crippen LogP contribution is 2.24. The summed E-state index contributed by atoms with van der Waals surface area (Å²) in [5, 5.41) is 2.81. The summed E-state index contributed by atoms with van der Waals surface area (Å²) >= 11 is 0. The summed E-state index contributed by atoms with van der Waals surface area (Å²) in [5.41, 5.74) is 4.87. The van der Waals surface area contributed by atoms with Crippen LogP contribution in [0.1, 0.15) is 36.9 Å². The normalized spacial score (nSPS) is 12.2. The van der Waals surface area contributed by atoms with Gasteiger partial charge < -0.3 is 9.30 Å². The fourth-order valence-electron chi connectivity index (χ4n) is 3.04. The third-order valence-electron chi connectivity index (χ3n) is 4.27. The Morgan fingerprint density at radius 2 is 2.00 bits per heavy atom. The Kier molecular flexibility index (Phi) is 4.74. The molecule has 5 nitrogen and oxygen atoms in total. The molecule has 0 aliphatic heterocycles.